The van der Waals surface area contributed by atoms with Gasteiger partial charge in [0.25, 0.3) is 0 Å². The van der Waals surface area contributed by atoms with E-state index in [-0.39, 0.29) is 17.8 Å². The zero-order valence-electron chi connectivity index (χ0n) is 10.8. The van der Waals surface area contributed by atoms with Crippen molar-refractivity contribution in [1.82, 2.24) is 4.84 Å². The fourth-order valence-electron chi connectivity index (χ4n) is 2.23. The van der Waals surface area contributed by atoms with Crippen LogP contribution in [-0.4, -0.2) is 6.04 Å². The molecule has 0 bridgehead atoms. The van der Waals surface area contributed by atoms with Crippen LogP contribution in [-0.2, 0) is 6.42 Å². The van der Waals surface area contributed by atoms with E-state index in [1.54, 1.807) is 0 Å². The maximum Gasteiger partial charge on any atom is 0.123 e. The molecule has 0 aliphatic rings. The Morgan fingerprint density at radius 1 is 1.05 bits per heavy atom. The summed E-state index contributed by atoms with van der Waals surface area (Å²) in [5.41, 5.74) is 2.33. The summed E-state index contributed by atoms with van der Waals surface area (Å²) in [5, 5.41) is 0. The van der Waals surface area contributed by atoms with Crippen LogP contribution in [0.5, 0.6) is 0 Å². The normalized spacial score (nSPS) is 14.1. The molecule has 0 aliphatic heterocycles. The largest absolute Gasteiger partial charge is 0.230 e. The second-order valence-electron chi connectivity index (χ2n) is 4.75. The molecule has 2 atom stereocenters. The van der Waals surface area contributed by atoms with Crippen molar-refractivity contribution < 1.29 is 4.39 Å². The molecule has 0 spiro atoms. The predicted molar refractivity (Wildman–Crippen MR) is 77.7 cm³/mol. The van der Waals surface area contributed by atoms with Crippen molar-refractivity contribution in [3.05, 3.63) is 71.5 Å². The second kappa shape index (κ2) is 6.69. The molecule has 2 aromatic carbocycles. The van der Waals surface area contributed by atoms with Gasteiger partial charge in [-0.25, -0.2) is 9.23 Å². The van der Waals surface area contributed by atoms with Crippen LogP contribution in [0.25, 0.3) is 0 Å². The van der Waals surface area contributed by atoms with Crippen LogP contribution in [0.1, 0.15) is 24.0 Å². The van der Waals surface area contributed by atoms with Gasteiger partial charge in [0.05, 0.1) is 0 Å². The minimum absolute atomic E-state index is 0.133. The molecule has 0 heterocycles. The van der Waals surface area contributed by atoms with Gasteiger partial charge in [-0.1, -0.05) is 42.5 Å². The lowest BCUT2D eigenvalue weighted by molar-refractivity contribution is 0.532. The van der Waals surface area contributed by atoms with E-state index in [1.807, 2.05) is 37.3 Å². The summed E-state index contributed by atoms with van der Waals surface area (Å²) in [6.45, 7) is 2.05. The summed E-state index contributed by atoms with van der Waals surface area (Å²) in [7, 11) is 0. The van der Waals surface area contributed by atoms with Gasteiger partial charge in [-0.05, 0) is 48.4 Å². The van der Waals surface area contributed by atoms with Gasteiger partial charge in [0.1, 0.15) is 5.82 Å². The van der Waals surface area contributed by atoms with Gasteiger partial charge in [0, 0.05) is 12.0 Å². The van der Waals surface area contributed by atoms with Crippen LogP contribution in [0.15, 0.2) is 54.6 Å². The van der Waals surface area contributed by atoms with Gasteiger partial charge in [-0.3, -0.25) is 0 Å². The van der Waals surface area contributed by atoms with Crippen molar-refractivity contribution in [2.24, 2.45) is 0 Å². The number of benzene rings is 2. The van der Waals surface area contributed by atoms with Crippen LogP contribution in [0, 0.1) is 5.82 Å². The first-order valence-electron chi connectivity index (χ1n) is 6.36. The van der Waals surface area contributed by atoms with Crippen LogP contribution in [0.2, 0.25) is 0 Å². The minimum Gasteiger partial charge on any atom is -0.230 e. The Balaban J connectivity index is 2.21. The van der Waals surface area contributed by atoms with E-state index in [0.29, 0.717) is 0 Å². The number of nitrogens with one attached hydrogen (secondary N) is 1. The molecule has 0 aromatic heterocycles. The third-order valence-corrected chi connectivity index (χ3v) is 3.72. The maximum atomic E-state index is 12.9. The smallest absolute Gasteiger partial charge is 0.123 e. The lowest BCUT2D eigenvalue weighted by Gasteiger charge is -2.23. The molecule has 19 heavy (non-hydrogen) atoms. The lowest BCUT2D eigenvalue weighted by Crippen LogP contribution is -2.27. The van der Waals surface area contributed by atoms with Gasteiger partial charge < -0.3 is 0 Å². The highest BCUT2D eigenvalue weighted by Gasteiger charge is 2.19. The summed E-state index contributed by atoms with van der Waals surface area (Å²) < 4.78 is 12.9. The summed E-state index contributed by atoms with van der Waals surface area (Å²) in [5.74, 6) is 0.0488. The average Bonchev–Trinajstić information content (AvgIpc) is 2.47. The summed E-state index contributed by atoms with van der Waals surface area (Å²) in [6, 6.07) is 17.0. The van der Waals surface area contributed by atoms with Gasteiger partial charge in [-0.15, -0.1) is 0 Å². The molecule has 3 heteroatoms. The summed E-state index contributed by atoms with van der Waals surface area (Å²) >= 11 is 5.78. The van der Waals surface area contributed by atoms with Gasteiger partial charge >= 0.3 is 0 Å². The molecule has 2 aromatic rings. The Morgan fingerprint density at radius 2 is 1.68 bits per heavy atom. The summed E-state index contributed by atoms with van der Waals surface area (Å²) in [6.07, 6.45) is 0.825. The minimum atomic E-state index is -0.205. The number of hydrogen-bond acceptors (Lipinski definition) is 1. The van der Waals surface area contributed by atoms with E-state index >= 15 is 0 Å². The molecule has 0 radical (unpaired) electrons. The summed E-state index contributed by atoms with van der Waals surface area (Å²) in [4.78, 5) is 2.79. The molecule has 2 rings (SSSR count). The Labute approximate surface area is 118 Å². The predicted octanol–water partition coefficient (Wildman–Crippen LogP) is 4.28. The van der Waals surface area contributed by atoms with E-state index in [4.69, 9.17) is 11.8 Å². The fraction of sp³-hybridized carbons (Fsp3) is 0.250. The quantitative estimate of drug-likeness (QED) is 0.804. The average molecular weight is 278 g/mol. The van der Waals surface area contributed by atoms with E-state index in [9.17, 15) is 4.39 Å². The topological polar surface area (TPSA) is 12.0 Å². The van der Waals surface area contributed by atoms with E-state index < -0.39 is 0 Å². The molecular formula is C16H17ClFN. The van der Waals surface area contributed by atoms with Crippen LogP contribution in [0.4, 0.5) is 4.39 Å². The second-order valence-corrected chi connectivity index (χ2v) is 4.96. The maximum absolute atomic E-state index is 12.9. The lowest BCUT2D eigenvalue weighted by atomic mass is 9.87. The number of hydrogen-bond donors (Lipinski definition) is 1. The van der Waals surface area contributed by atoms with E-state index in [2.05, 4.69) is 17.0 Å². The highest BCUT2D eigenvalue weighted by Crippen LogP contribution is 2.25. The molecule has 0 saturated heterocycles. The fourth-order valence-corrected chi connectivity index (χ4v) is 2.39. The zero-order valence-corrected chi connectivity index (χ0v) is 11.6. The van der Waals surface area contributed by atoms with Crippen LogP contribution in [0.3, 0.4) is 0 Å². The van der Waals surface area contributed by atoms with Gasteiger partial charge in [0.15, 0.2) is 0 Å². The van der Waals surface area contributed by atoms with Crippen molar-refractivity contribution in [3.63, 3.8) is 0 Å². The third-order valence-electron chi connectivity index (χ3n) is 3.37. The molecule has 100 valence electrons. The molecule has 0 aliphatic carbocycles. The first-order valence-corrected chi connectivity index (χ1v) is 6.74. The molecule has 1 N–H and O–H groups in total. The molecular weight excluding hydrogens is 261 g/mol. The van der Waals surface area contributed by atoms with Crippen molar-refractivity contribution in [1.29, 1.82) is 0 Å². The Bertz CT molecular complexity index is 498. The molecule has 0 amide bonds. The monoisotopic (exact) mass is 277 g/mol. The standard InChI is InChI=1S/C16H17ClFN/c1-12(19-17)16(14-5-3-2-4-6-14)11-13-7-9-15(18)10-8-13/h2-10,12,16,19H,11H2,1H3. The van der Waals surface area contributed by atoms with Crippen LogP contribution < -0.4 is 4.84 Å². The van der Waals surface area contributed by atoms with E-state index in [1.165, 1.54) is 17.7 Å². The zero-order chi connectivity index (χ0) is 13.7. The van der Waals surface area contributed by atoms with Crippen molar-refractivity contribution >= 4 is 11.8 Å². The molecule has 1 nitrogen and oxygen atoms in total. The highest BCUT2D eigenvalue weighted by atomic mass is 35.5. The Kier molecular flexibility index (Phi) is 4.94. The Hall–Kier alpha value is -1.38. The highest BCUT2D eigenvalue weighted by molar-refractivity contribution is 6.13. The van der Waals surface area contributed by atoms with Crippen LogP contribution >= 0.6 is 11.8 Å². The number of rotatable bonds is 5. The van der Waals surface area contributed by atoms with Gasteiger partial charge in [0.2, 0.25) is 0 Å². The first-order chi connectivity index (χ1) is 9.20. The molecule has 0 fully saturated rings. The van der Waals surface area contributed by atoms with Crippen molar-refractivity contribution in [3.8, 4) is 0 Å². The SMILES string of the molecule is CC(NCl)C(Cc1ccc(F)cc1)c1ccccc1. The Morgan fingerprint density at radius 3 is 2.26 bits per heavy atom. The molecule has 0 saturated carbocycles. The molecule has 2 unspecified atom stereocenters. The van der Waals surface area contributed by atoms with Gasteiger partial charge in [-0.2, -0.15) is 0 Å². The third kappa shape index (κ3) is 3.79. The van der Waals surface area contributed by atoms with Crippen molar-refractivity contribution in [2.45, 2.75) is 25.3 Å². The number of halogens is 2. The first kappa shape index (κ1) is 14.0. The van der Waals surface area contributed by atoms with Crippen molar-refractivity contribution in [2.75, 3.05) is 0 Å². The van der Waals surface area contributed by atoms with E-state index in [0.717, 1.165) is 12.0 Å².